The molecular formula is C10H18N2O3S. The zero-order chi connectivity index (χ0) is 12.2. The summed E-state index contributed by atoms with van der Waals surface area (Å²) in [6, 6.07) is -0.0373. The SMILES string of the molecule is CC(C)(CC(=O)C1CCCN1)SNC(=O)O. The van der Waals surface area contributed by atoms with Crippen LogP contribution in [0.5, 0.6) is 0 Å². The highest BCUT2D eigenvalue weighted by Gasteiger charge is 2.29. The van der Waals surface area contributed by atoms with Gasteiger partial charge in [0.25, 0.3) is 0 Å². The summed E-state index contributed by atoms with van der Waals surface area (Å²) in [7, 11) is 0. The molecule has 1 fully saturated rings. The predicted molar refractivity (Wildman–Crippen MR) is 63.5 cm³/mol. The lowest BCUT2D eigenvalue weighted by Crippen LogP contribution is -2.36. The van der Waals surface area contributed by atoms with Crippen LogP contribution in [0.4, 0.5) is 4.79 Å². The van der Waals surface area contributed by atoms with Crippen molar-refractivity contribution in [3.05, 3.63) is 0 Å². The highest BCUT2D eigenvalue weighted by molar-refractivity contribution is 7.99. The summed E-state index contributed by atoms with van der Waals surface area (Å²) in [6.07, 6.45) is 1.23. The Balaban J connectivity index is 2.38. The number of hydrogen-bond acceptors (Lipinski definition) is 4. The lowest BCUT2D eigenvalue weighted by Gasteiger charge is -2.23. The third-order valence-electron chi connectivity index (χ3n) is 2.46. The lowest BCUT2D eigenvalue weighted by atomic mass is 10.0. The molecule has 0 aromatic heterocycles. The number of ketones is 1. The van der Waals surface area contributed by atoms with Gasteiger partial charge in [0.1, 0.15) is 0 Å². The Morgan fingerprint density at radius 2 is 2.25 bits per heavy atom. The largest absolute Gasteiger partial charge is 0.464 e. The van der Waals surface area contributed by atoms with Gasteiger partial charge in [0.2, 0.25) is 0 Å². The first kappa shape index (κ1) is 13.3. The van der Waals surface area contributed by atoms with Gasteiger partial charge >= 0.3 is 6.09 Å². The van der Waals surface area contributed by atoms with E-state index >= 15 is 0 Å². The standard InChI is InChI=1S/C10H18N2O3S/c1-10(2,16-12-9(14)15)6-8(13)7-4-3-5-11-7/h7,11-12H,3-6H2,1-2H3,(H,14,15). The van der Waals surface area contributed by atoms with Crippen molar-refractivity contribution in [1.29, 1.82) is 0 Å². The van der Waals surface area contributed by atoms with E-state index in [0.29, 0.717) is 6.42 Å². The summed E-state index contributed by atoms with van der Waals surface area (Å²) in [4.78, 5) is 22.2. The number of rotatable bonds is 5. The van der Waals surface area contributed by atoms with Crippen LogP contribution < -0.4 is 10.0 Å². The number of carbonyl (C=O) groups excluding carboxylic acids is 1. The number of carboxylic acid groups (broad SMARTS) is 1. The first-order valence-electron chi connectivity index (χ1n) is 5.34. The highest BCUT2D eigenvalue weighted by Crippen LogP contribution is 2.27. The third-order valence-corrected chi connectivity index (χ3v) is 3.44. The van der Waals surface area contributed by atoms with Crippen molar-refractivity contribution >= 4 is 23.8 Å². The van der Waals surface area contributed by atoms with Gasteiger partial charge in [-0.05, 0) is 45.2 Å². The van der Waals surface area contributed by atoms with Crippen molar-refractivity contribution in [1.82, 2.24) is 10.0 Å². The van der Waals surface area contributed by atoms with E-state index in [4.69, 9.17) is 5.11 Å². The van der Waals surface area contributed by atoms with E-state index in [1.807, 2.05) is 13.8 Å². The maximum Gasteiger partial charge on any atom is 0.414 e. The van der Waals surface area contributed by atoms with E-state index in [-0.39, 0.29) is 11.8 Å². The summed E-state index contributed by atoms with van der Waals surface area (Å²) in [6.45, 7) is 4.62. The normalized spacial score (nSPS) is 20.8. The Kier molecular flexibility index (Phi) is 4.61. The average Bonchev–Trinajstić information content (AvgIpc) is 2.67. The molecule has 1 rings (SSSR count). The molecule has 0 bridgehead atoms. The fourth-order valence-corrected chi connectivity index (χ4v) is 2.30. The average molecular weight is 246 g/mol. The van der Waals surface area contributed by atoms with E-state index in [1.54, 1.807) is 0 Å². The van der Waals surface area contributed by atoms with Crippen LogP contribution in [-0.2, 0) is 4.79 Å². The van der Waals surface area contributed by atoms with Gasteiger partial charge in [-0.25, -0.2) is 4.79 Å². The van der Waals surface area contributed by atoms with Crippen molar-refractivity contribution in [3.63, 3.8) is 0 Å². The van der Waals surface area contributed by atoms with Gasteiger partial charge in [-0.2, -0.15) is 0 Å². The third kappa shape index (κ3) is 4.40. The predicted octanol–water partition coefficient (Wildman–Crippen LogP) is 1.39. The highest BCUT2D eigenvalue weighted by atomic mass is 32.2. The quantitative estimate of drug-likeness (QED) is 0.639. The van der Waals surface area contributed by atoms with Crippen molar-refractivity contribution in [2.45, 2.75) is 43.9 Å². The van der Waals surface area contributed by atoms with Crippen LogP contribution >= 0.6 is 11.9 Å². The molecule has 1 saturated heterocycles. The fraction of sp³-hybridized carbons (Fsp3) is 0.800. The summed E-state index contributed by atoms with van der Waals surface area (Å²) in [5, 5.41) is 11.6. The van der Waals surface area contributed by atoms with Crippen LogP contribution in [0.15, 0.2) is 0 Å². The molecular weight excluding hydrogens is 228 g/mol. The number of amides is 1. The van der Waals surface area contributed by atoms with E-state index in [9.17, 15) is 9.59 Å². The van der Waals surface area contributed by atoms with Gasteiger partial charge < -0.3 is 10.4 Å². The minimum atomic E-state index is -1.08. The van der Waals surface area contributed by atoms with Crippen molar-refractivity contribution < 1.29 is 14.7 Å². The van der Waals surface area contributed by atoms with E-state index in [2.05, 4.69) is 10.0 Å². The molecule has 0 aliphatic carbocycles. The van der Waals surface area contributed by atoms with E-state index in [1.165, 1.54) is 0 Å². The Morgan fingerprint density at radius 1 is 1.56 bits per heavy atom. The molecule has 5 nitrogen and oxygen atoms in total. The number of nitrogens with one attached hydrogen (secondary N) is 2. The number of hydrogen-bond donors (Lipinski definition) is 3. The van der Waals surface area contributed by atoms with E-state index in [0.717, 1.165) is 31.3 Å². The van der Waals surface area contributed by atoms with Crippen LogP contribution in [0, 0.1) is 0 Å². The molecule has 16 heavy (non-hydrogen) atoms. The van der Waals surface area contributed by atoms with Gasteiger partial charge in [0, 0.05) is 11.2 Å². The van der Waals surface area contributed by atoms with Crippen LogP contribution in [0.2, 0.25) is 0 Å². The molecule has 1 aliphatic rings. The molecule has 1 unspecified atom stereocenters. The Bertz CT molecular complexity index is 275. The molecule has 0 aromatic carbocycles. The summed E-state index contributed by atoms with van der Waals surface area (Å²) in [5.41, 5.74) is 0. The van der Waals surface area contributed by atoms with Gasteiger partial charge in [-0.1, -0.05) is 0 Å². The first-order chi connectivity index (χ1) is 7.41. The Hall–Kier alpha value is -0.750. The molecule has 3 N–H and O–H groups in total. The van der Waals surface area contributed by atoms with Gasteiger partial charge in [-0.15, -0.1) is 0 Å². The first-order valence-corrected chi connectivity index (χ1v) is 6.15. The van der Waals surface area contributed by atoms with Crippen molar-refractivity contribution in [2.24, 2.45) is 0 Å². The number of Topliss-reactive ketones (excluding diaryl/α,β-unsaturated/α-hetero) is 1. The molecule has 1 aliphatic heterocycles. The molecule has 0 aromatic rings. The minimum absolute atomic E-state index is 0.0373. The van der Waals surface area contributed by atoms with Gasteiger partial charge in [-0.3, -0.25) is 9.52 Å². The Morgan fingerprint density at radius 3 is 2.75 bits per heavy atom. The van der Waals surface area contributed by atoms with Crippen molar-refractivity contribution in [2.75, 3.05) is 6.54 Å². The van der Waals surface area contributed by atoms with E-state index < -0.39 is 10.8 Å². The molecule has 6 heteroatoms. The summed E-state index contributed by atoms with van der Waals surface area (Å²) < 4.78 is 1.84. The maximum absolute atomic E-state index is 11.9. The fourth-order valence-electron chi connectivity index (χ4n) is 1.72. The summed E-state index contributed by atoms with van der Waals surface area (Å²) in [5.74, 6) is 0.169. The second-order valence-corrected chi connectivity index (χ2v) is 6.07. The molecule has 0 saturated carbocycles. The second kappa shape index (κ2) is 5.54. The summed E-state index contributed by atoms with van der Waals surface area (Å²) >= 11 is 1.08. The molecule has 92 valence electrons. The zero-order valence-electron chi connectivity index (χ0n) is 9.58. The lowest BCUT2D eigenvalue weighted by molar-refractivity contribution is -0.121. The number of carbonyl (C=O) groups is 2. The minimum Gasteiger partial charge on any atom is -0.464 e. The molecule has 1 heterocycles. The van der Waals surface area contributed by atoms with Crippen LogP contribution in [0.25, 0.3) is 0 Å². The van der Waals surface area contributed by atoms with Crippen LogP contribution in [0.3, 0.4) is 0 Å². The molecule has 1 atom stereocenters. The smallest absolute Gasteiger partial charge is 0.414 e. The van der Waals surface area contributed by atoms with Gasteiger partial charge in [0.05, 0.1) is 6.04 Å². The zero-order valence-corrected chi connectivity index (χ0v) is 10.4. The topological polar surface area (TPSA) is 78.4 Å². The van der Waals surface area contributed by atoms with Crippen LogP contribution in [0.1, 0.15) is 33.1 Å². The van der Waals surface area contributed by atoms with Crippen molar-refractivity contribution in [3.8, 4) is 0 Å². The molecule has 0 spiro atoms. The Labute approximate surface area is 99.5 Å². The second-order valence-electron chi connectivity index (χ2n) is 4.56. The van der Waals surface area contributed by atoms with Gasteiger partial charge in [0.15, 0.2) is 5.78 Å². The molecule has 1 amide bonds. The van der Waals surface area contributed by atoms with Crippen LogP contribution in [-0.4, -0.2) is 34.3 Å². The monoisotopic (exact) mass is 246 g/mol. The maximum atomic E-state index is 11.9. The molecule has 0 radical (unpaired) electrons.